The normalized spacial score (nSPS) is 12.6. The molecule has 2 heterocycles. The number of hydrogen-bond donors (Lipinski definition) is 1. The Morgan fingerprint density at radius 3 is 2.82 bits per heavy atom. The Balaban J connectivity index is 2.26. The van der Waals surface area contributed by atoms with Gasteiger partial charge in [-0.25, -0.2) is 4.39 Å². The zero-order chi connectivity index (χ0) is 12.3. The summed E-state index contributed by atoms with van der Waals surface area (Å²) in [6.45, 7) is 2.08. The maximum atomic E-state index is 12.7. The minimum absolute atomic E-state index is 0.210. The molecular weight excluding hydrogens is 239 g/mol. The Hall–Kier alpha value is -1.40. The molecule has 4 nitrogen and oxygen atoms in total. The van der Waals surface area contributed by atoms with E-state index in [9.17, 15) is 4.39 Å². The van der Waals surface area contributed by atoms with E-state index < -0.39 is 0 Å². The SMILES string of the molecule is CCC(NC)c1nnc(-c2ccc(F)cn2)s1. The Kier molecular flexibility index (Phi) is 3.75. The molecule has 0 aliphatic rings. The standard InChI is InChI=1S/C11H13FN4S/c1-3-8(13-2)10-15-16-11(17-10)9-5-4-7(12)6-14-9/h4-6,8,13H,3H2,1-2H3. The predicted octanol–water partition coefficient (Wildman–Crippen LogP) is 2.41. The molecule has 0 fully saturated rings. The van der Waals surface area contributed by atoms with Gasteiger partial charge in [0.1, 0.15) is 16.5 Å². The van der Waals surface area contributed by atoms with Gasteiger partial charge < -0.3 is 5.32 Å². The van der Waals surface area contributed by atoms with E-state index in [4.69, 9.17) is 0 Å². The molecule has 0 bridgehead atoms. The van der Waals surface area contributed by atoms with Crippen LogP contribution in [0.1, 0.15) is 24.4 Å². The van der Waals surface area contributed by atoms with Gasteiger partial charge in [0, 0.05) is 0 Å². The van der Waals surface area contributed by atoms with Crippen LogP contribution in [0.5, 0.6) is 0 Å². The van der Waals surface area contributed by atoms with E-state index in [0.717, 1.165) is 11.4 Å². The summed E-state index contributed by atoms with van der Waals surface area (Å²) in [4.78, 5) is 3.99. The minimum Gasteiger partial charge on any atom is -0.311 e. The van der Waals surface area contributed by atoms with Crippen LogP contribution in [-0.4, -0.2) is 22.2 Å². The quantitative estimate of drug-likeness (QED) is 0.908. The van der Waals surface area contributed by atoms with Crippen molar-refractivity contribution in [3.8, 4) is 10.7 Å². The second-order valence-electron chi connectivity index (χ2n) is 3.56. The Bertz CT molecular complexity index is 478. The lowest BCUT2D eigenvalue weighted by atomic mass is 10.2. The van der Waals surface area contributed by atoms with Crippen molar-refractivity contribution in [2.24, 2.45) is 0 Å². The third kappa shape index (κ3) is 2.65. The van der Waals surface area contributed by atoms with E-state index in [1.807, 2.05) is 7.05 Å². The number of nitrogens with zero attached hydrogens (tertiary/aromatic N) is 3. The molecule has 1 N–H and O–H groups in total. The lowest BCUT2D eigenvalue weighted by Crippen LogP contribution is -2.14. The lowest BCUT2D eigenvalue weighted by molar-refractivity contribution is 0.568. The molecule has 0 saturated carbocycles. The molecule has 2 aromatic rings. The molecule has 90 valence electrons. The van der Waals surface area contributed by atoms with E-state index in [0.29, 0.717) is 10.7 Å². The number of pyridine rings is 1. The summed E-state index contributed by atoms with van der Waals surface area (Å²) in [5, 5.41) is 13.0. The van der Waals surface area contributed by atoms with Crippen molar-refractivity contribution in [3.05, 3.63) is 29.2 Å². The second-order valence-corrected chi connectivity index (χ2v) is 4.57. The van der Waals surface area contributed by atoms with E-state index in [1.165, 1.54) is 23.6 Å². The molecule has 0 aliphatic heterocycles. The topological polar surface area (TPSA) is 50.7 Å². The minimum atomic E-state index is -0.347. The average Bonchev–Trinajstić information content (AvgIpc) is 2.81. The lowest BCUT2D eigenvalue weighted by Gasteiger charge is -2.07. The number of halogens is 1. The summed E-state index contributed by atoms with van der Waals surface area (Å²) in [6.07, 6.45) is 2.13. The van der Waals surface area contributed by atoms with Crippen LogP contribution in [0.3, 0.4) is 0 Å². The number of nitrogens with one attached hydrogen (secondary N) is 1. The highest BCUT2D eigenvalue weighted by atomic mass is 32.1. The monoisotopic (exact) mass is 252 g/mol. The number of rotatable bonds is 4. The van der Waals surface area contributed by atoms with Crippen LogP contribution in [0, 0.1) is 5.82 Å². The van der Waals surface area contributed by atoms with Crippen LogP contribution < -0.4 is 5.32 Å². The summed E-state index contributed by atoms with van der Waals surface area (Å²) < 4.78 is 12.7. The molecule has 1 atom stereocenters. The highest BCUT2D eigenvalue weighted by Crippen LogP contribution is 2.26. The molecule has 6 heteroatoms. The first-order valence-corrected chi connectivity index (χ1v) is 6.18. The zero-order valence-corrected chi connectivity index (χ0v) is 10.5. The van der Waals surface area contributed by atoms with Gasteiger partial charge in [-0.2, -0.15) is 0 Å². The molecule has 0 saturated heterocycles. The molecular formula is C11H13FN4S. The van der Waals surface area contributed by atoms with Crippen molar-refractivity contribution in [1.82, 2.24) is 20.5 Å². The first-order valence-electron chi connectivity index (χ1n) is 5.37. The van der Waals surface area contributed by atoms with Crippen molar-refractivity contribution >= 4 is 11.3 Å². The Labute approximate surface area is 103 Å². The van der Waals surface area contributed by atoms with Crippen molar-refractivity contribution in [1.29, 1.82) is 0 Å². The number of aromatic nitrogens is 3. The van der Waals surface area contributed by atoms with Crippen LogP contribution in [0.4, 0.5) is 4.39 Å². The van der Waals surface area contributed by atoms with Gasteiger partial charge in [0.05, 0.1) is 12.2 Å². The van der Waals surface area contributed by atoms with Crippen LogP contribution in [0.2, 0.25) is 0 Å². The molecule has 2 aromatic heterocycles. The maximum absolute atomic E-state index is 12.7. The smallest absolute Gasteiger partial charge is 0.166 e. The van der Waals surface area contributed by atoms with E-state index in [2.05, 4.69) is 27.4 Å². The first kappa shape index (κ1) is 12.1. The maximum Gasteiger partial charge on any atom is 0.166 e. The Morgan fingerprint density at radius 2 is 2.24 bits per heavy atom. The predicted molar refractivity (Wildman–Crippen MR) is 65.2 cm³/mol. The van der Waals surface area contributed by atoms with Crippen LogP contribution >= 0.6 is 11.3 Å². The molecule has 0 aromatic carbocycles. The van der Waals surface area contributed by atoms with Crippen LogP contribution in [0.25, 0.3) is 10.7 Å². The van der Waals surface area contributed by atoms with Crippen molar-refractivity contribution in [2.45, 2.75) is 19.4 Å². The highest BCUT2D eigenvalue weighted by Gasteiger charge is 2.14. The van der Waals surface area contributed by atoms with Gasteiger partial charge in [0.2, 0.25) is 0 Å². The zero-order valence-electron chi connectivity index (χ0n) is 9.64. The van der Waals surface area contributed by atoms with Gasteiger partial charge in [0.25, 0.3) is 0 Å². The van der Waals surface area contributed by atoms with Crippen molar-refractivity contribution < 1.29 is 4.39 Å². The van der Waals surface area contributed by atoms with E-state index in [1.54, 1.807) is 6.07 Å². The van der Waals surface area contributed by atoms with Crippen LogP contribution in [0.15, 0.2) is 18.3 Å². The highest BCUT2D eigenvalue weighted by molar-refractivity contribution is 7.14. The van der Waals surface area contributed by atoms with E-state index in [-0.39, 0.29) is 11.9 Å². The van der Waals surface area contributed by atoms with Crippen molar-refractivity contribution in [2.75, 3.05) is 7.05 Å². The fourth-order valence-electron chi connectivity index (χ4n) is 1.48. The average molecular weight is 252 g/mol. The molecule has 0 amide bonds. The Morgan fingerprint density at radius 1 is 1.41 bits per heavy atom. The summed E-state index contributed by atoms with van der Waals surface area (Å²) in [5.74, 6) is -0.347. The van der Waals surface area contributed by atoms with Gasteiger partial charge in [-0.3, -0.25) is 4.98 Å². The van der Waals surface area contributed by atoms with Gasteiger partial charge in [0.15, 0.2) is 5.01 Å². The van der Waals surface area contributed by atoms with Crippen LogP contribution in [-0.2, 0) is 0 Å². The van der Waals surface area contributed by atoms with Gasteiger partial charge >= 0.3 is 0 Å². The molecule has 0 radical (unpaired) electrons. The molecule has 0 aliphatic carbocycles. The molecule has 0 spiro atoms. The van der Waals surface area contributed by atoms with Crippen molar-refractivity contribution in [3.63, 3.8) is 0 Å². The summed E-state index contributed by atoms with van der Waals surface area (Å²) in [6, 6.07) is 3.19. The van der Waals surface area contributed by atoms with E-state index >= 15 is 0 Å². The van der Waals surface area contributed by atoms with Gasteiger partial charge in [-0.1, -0.05) is 18.3 Å². The third-order valence-electron chi connectivity index (χ3n) is 2.44. The molecule has 17 heavy (non-hydrogen) atoms. The summed E-state index contributed by atoms with van der Waals surface area (Å²) in [7, 11) is 1.89. The molecule has 1 unspecified atom stereocenters. The third-order valence-corrected chi connectivity index (χ3v) is 3.50. The fraction of sp³-hybridized carbons (Fsp3) is 0.364. The summed E-state index contributed by atoms with van der Waals surface area (Å²) >= 11 is 1.48. The largest absolute Gasteiger partial charge is 0.311 e. The molecule has 2 rings (SSSR count). The number of hydrogen-bond acceptors (Lipinski definition) is 5. The van der Waals surface area contributed by atoms with Gasteiger partial charge in [-0.15, -0.1) is 10.2 Å². The second kappa shape index (κ2) is 5.29. The first-order chi connectivity index (χ1) is 8.24. The van der Waals surface area contributed by atoms with Gasteiger partial charge in [-0.05, 0) is 25.6 Å². The summed E-state index contributed by atoms with van der Waals surface area (Å²) in [5.41, 5.74) is 0.654. The fourth-order valence-corrected chi connectivity index (χ4v) is 2.50.